The zero-order valence-corrected chi connectivity index (χ0v) is 19.1. The molecule has 2 heteroatoms. The van der Waals surface area contributed by atoms with Gasteiger partial charge in [-0.2, -0.15) is 5.26 Å². The second kappa shape index (κ2) is 13.7. The molecule has 1 fully saturated rings. The highest BCUT2D eigenvalue weighted by atomic mass is 16.5. The van der Waals surface area contributed by atoms with Crippen LogP contribution in [0.15, 0.2) is 24.3 Å². The van der Waals surface area contributed by atoms with Crippen LogP contribution in [0.25, 0.3) is 0 Å². The lowest BCUT2D eigenvalue weighted by Gasteiger charge is -2.41. The van der Waals surface area contributed by atoms with Crippen molar-refractivity contribution in [2.24, 2.45) is 11.3 Å². The monoisotopic (exact) mass is 397 g/mol. The molecule has 1 aliphatic rings. The van der Waals surface area contributed by atoms with Crippen molar-refractivity contribution < 1.29 is 4.74 Å². The van der Waals surface area contributed by atoms with E-state index in [2.05, 4.69) is 44.2 Å². The highest BCUT2D eigenvalue weighted by Gasteiger charge is 2.39. The normalized spacial score (nSPS) is 16.9. The minimum Gasteiger partial charge on any atom is -0.494 e. The molecule has 0 heterocycles. The summed E-state index contributed by atoms with van der Waals surface area (Å²) in [5, 5.41) is 10.1. The Labute approximate surface area is 180 Å². The Balaban J connectivity index is 1.94. The van der Waals surface area contributed by atoms with Gasteiger partial charge in [-0.1, -0.05) is 90.2 Å². The molecule has 0 aliphatic heterocycles. The summed E-state index contributed by atoms with van der Waals surface area (Å²) in [6.45, 7) is 5.29. The lowest BCUT2D eigenvalue weighted by atomic mass is 9.62. The van der Waals surface area contributed by atoms with E-state index in [4.69, 9.17) is 4.74 Å². The average Bonchev–Trinajstić information content (AvgIpc) is 2.76. The van der Waals surface area contributed by atoms with E-state index in [0.717, 1.165) is 25.2 Å². The molecule has 0 aromatic heterocycles. The third-order valence-electron chi connectivity index (χ3n) is 6.90. The van der Waals surface area contributed by atoms with Crippen LogP contribution in [0.1, 0.15) is 109 Å². The van der Waals surface area contributed by atoms with Crippen molar-refractivity contribution in [3.8, 4) is 11.8 Å². The van der Waals surface area contributed by atoms with E-state index >= 15 is 0 Å². The fourth-order valence-electron chi connectivity index (χ4n) is 5.01. The zero-order chi connectivity index (χ0) is 20.8. The van der Waals surface area contributed by atoms with Gasteiger partial charge in [0.25, 0.3) is 0 Å². The van der Waals surface area contributed by atoms with Crippen LogP contribution in [0, 0.1) is 22.7 Å². The maximum Gasteiger partial charge on any atom is 0.119 e. The van der Waals surface area contributed by atoms with E-state index in [9.17, 15) is 5.26 Å². The van der Waals surface area contributed by atoms with E-state index in [-0.39, 0.29) is 11.3 Å². The Hall–Kier alpha value is -1.49. The number of hydrogen-bond acceptors (Lipinski definition) is 2. The number of rotatable bonds is 14. The van der Waals surface area contributed by atoms with Gasteiger partial charge in [0, 0.05) is 0 Å². The van der Waals surface area contributed by atoms with Crippen molar-refractivity contribution >= 4 is 0 Å². The molecule has 0 spiro atoms. The largest absolute Gasteiger partial charge is 0.494 e. The Bertz CT molecular complexity index is 580. The zero-order valence-electron chi connectivity index (χ0n) is 19.1. The Morgan fingerprint density at radius 3 is 2.21 bits per heavy atom. The van der Waals surface area contributed by atoms with Crippen LogP contribution in [0.5, 0.6) is 5.75 Å². The molecule has 29 heavy (non-hydrogen) atoms. The van der Waals surface area contributed by atoms with E-state index < -0.39 is 0 Å². The van der Waals surface area contributed by atoms with E-state index in [0.29, 0.717) is 0 Å². The first kappa shape index (κ1) is 23.8. The number of nitriles is 1. The van der Waals surface area contributed by atoms with Crippen LogP contribution >= 0.6 is 0 Å². The van der Waals surface area contributed by atoms with Crippen LogP contribution < -0.4 is 4.74 Å². The summed E-state index contributed by atoms with van der Waals surface area (Å²) in [6, 6.07) is 11.3. The van der Waals surface area contributed by atoms with Crippen LogP contribution in [-0.2, 0) is 6.42 Å². The summed E-state index contributed by atoms with van der Waals surface area (Å²) >= 11 is 0. The second-order valence-electron chi connectivity index (χ2n) is 9.17. The lowest BCUT2D eigenvalue weighted by molar-refractivity contribution is 0.110. The Morgan fingerprint density at radius 2 is 1.55 bits per heavy atom. The summed E-state index contributed by atoms with van der Waals surface area (Å²) in [5.41, 5.74) is 1.53. The third kappa shape index (κ3) is 8.04. The minimum absolute atomic E-state index is 0.144. The van der Waals surface area contributed by atoms with Gasteiger partial charge in [-0.3, -0.25) is 0 Å². The van der Waals surface area contributed by atoms with Gasteiger partial charge in [0.05, 0.1) is 18.6 Å². The first-order chi connectivity index (χ1) is 14.2. The van der Waals surface area contributed by atoms with Crippen molar-refractivity contribution in [2.45, 2.75) is 110 Å². The van der Waals surface area contributed by atoms with Gasteiger partial charge in [0.2, 0.25) is 0 Å². The highest BCUT2D eigenvalue weighted by Crippen LogP contribution is 2.47. The number of ether oxygens (including phenoxy) is 1. The van der Waals surface area contributed by atoms with Gasteiger partial charge in [-0.15, -0.1) is 0 Å². The Morgan fingerprint density at radius 1 is 0.897 bits per heavy atom. The van der Waals surface area contributed by atoms with Crippen molar-refractivity contribution in [1.29, 1.82) is 5.26 Å². The molecule has 2 rings (SSSR count). The summed E-state index contributed by atoms with van der Waals surface area (Å²) < 4.78 is 5.85. The lowest BCUT2D eigenvalue weighted by Crippen LogP contribution is -2.33. The molecule has 1 atom stereocenters. The molecule has 1 aromatic carbocycles. The number of nitrogens with zero attached hydrogens (tertiary/aromatic N) is 1. The summed E-state index contributed by atoms with van der Waals surface area (Å²) in [7, 11) is 0. The molecule has 1 aromatic rings. The fraction of sp³-hybridized carbons (Fsp3) is 0.741. The van der Waals surface area contributed by atoms with Gasteiger partial charge < -0.3 is 4.74 Å². The topological polar surface area (TPSA) is 33.0 Å². The first-order valence-corrected chi connectivity index (χ1v) is 12.4. The maximum absolute atomic E-state index is 10.1. The predicted octanol–water partition coefficient (Wildman–Crippen LogP) is 8.25. The highest BCUT2D eigenvalue weighted by molar-refractivity contribution is 5.28. The van der Waals surface area contributed by atoms with Gasteiger partial charge in [0.15, 0.2) is 0 Å². The summed E-state index contributed by atoms with van der Waals surface area (Å²) in [4.78, 5) is 0. The maximum atomic E-state index is 10.1. The van der Waals surface area contributed by atoms with Crippen molar-refractivity contribution in [3.63, 3.8) is 0 Å². The molecule has 0 amide bonds. The molecule has 1 saturated carbocycles. The van der Waals surface area contributed by atoms with Crippen LogP contribution in [0.4, 0.5) is 0 Å². The summed E-state index contributed by atoms with van der Waals surface area (Å²) in [6.07, 6.45) is 18.8. The van der Waals surface area contributed by atoms with Crippen molar-refractivity contribution in [1.82, 2.24) is 0 Å². The van der Waals surface area contributed by atoms with Crippen LogP contribution in [-0.4, -0.2) is 6.61 Å². The number of hydrogen-bond donors (Lipinski definition) is 0. The van der Waals surface area contributed by atoms with Crippen LogP contribution in [0.2, 0.25) is 0 Å². The standard InChI is InChI=1S/C27H43NO/c1-3-5-7-8-10-18-27(19-11-9-12-20-27)25(23-28)22-24-14-16-26(17-15-24)29-21-13-6-4-2/h14-17,25H,3-13,18-22H2,1-2H3. The smallest absolute Gasteiger partial charge is 0.119 e. The number of unbranched alkanes of at least 4 members (excludes halogenated alkanes) is 6. The van der Waals surface area contributed by atoms with Gasteiger partial charge in [0.1, 0.15) is 5.75 Å². The van der Waals surface area contributed by atoms with Gasteiger partial charge >= 0.3 is 0 Å². The summed E-state index contributed by atoms with van der Waals surface area (Å²) in [5.74, 6) is 1.10. The average molecular weight is 398 g/mol. The molecule has 2 nitrogen and oxygen atoms in total. The van der Waals surface area contributed by atoms with Crippen molar-refractivity contribution in [2.75, 3.05) is 6.61 Å². The minimum atomic E-state index is 0.144. The van der Waals surface area contributed by atoms with E-state index in [1.165, 1.54) is 89.0 Å². The molecular weight excluding hydrogens is 354 g/mol. The molecule has 0 saturated heterocycles. The molecule has 0 radical (unpaired) electrons. The first-order valence-electron chi connectivity index (χ1n) is 12.4. The van der Waals surface area contributed by atoms with Gasteiger partial charge in [-0.25, -0.2) is 0 Å². The molecular formula is C27H43NO. The second-order valence-corrected chi connectivity index (χ2v) is 9.17. The quantitative estimate of drug-likeness (QED) is 0.296. The predicted molar refractivity (Wildman–Crippen MR) is 123 cm³/mol. The molecule has 0 N–H and O–H groups in total. The fourth-order valence-corrected chi connectivity index (χ4v) is 5.01. The van der Waals surface area contributed by atoms with E-state index in [1.54, 1.807) is 0 Å². The Kier molecular flexibility index (Phi) is 11.2. The SMILES string of the molecule is CCCCCCCC1(C(C#N)Cc2ccc(OCCCCC)cc2)CCCCC1. The number of benzene rings is 1. The molecule has 162 valence electrons. The molecule has 1 aliphatic carbocycles. The molecule has 0 bridgehead atoms. The van der Waals surface area contributed by atoms with E-state index in [1.807, 2.05) is 0 Å². The third-order valence-corrected chi connectivity index (χ3v) is 6.90. The van der Waals surface area contributed by atoms with Crippen LogP contribution in [0.3, 0.4) is 0 Å². The van der Waals surface area contributed by atoms with Gasteiger partial charge in [-0.05, 0) is 55.2 Å². The van der Waals surface area contributed by atoms with Crippen molar-refractivity contribution in [3.05, 3.63) is 29.8 Å². The molecule has 1 unspecified atom stereocenters.